The van der Waals surface area contributed by atoms with E-state index in [1.807, 2.05) is 30.3 Å². The van der Waals surface area contributed by atoms with Crippen molar-refractivity contribution in [3.05, 3.63) is 58.0 Å². The van der Waals surface area contributed by atoms with E-state index < -0.39 is 0 Å². The van der Waals surface area contributed by atoms with Crippen LogP contribution in [0.5, 0.6) is 0 Å². The first-order valence-corrected chi connectivity index (χ1v) is 5.25. The lowest BCUT2D eigenvalue weighted by Gasteiger charge is -2.06. The molecule has 1 aliphatic rings. The average Bonchev–Trinajstić information content (AvgIpc) is 2.70. The van der Waals surface area contributed by atoms with Gasteiger partial charge in [-0.3, -0.25) is 9.79 Å². The largest absolute Gasteiger partial charge is 0.382 e. The molecule has 2 heterocycles. The number of fused-ring (bicyclic) bond motifs is 1. The predicted molar refractivity (Wildman–Crippen MR) is 64.3 cm³/mol. The van der Waals surface area contributed by atoms with Gasteiger partial charge in [0, 0.05) is 11.6 Å². The lowest BCUT2D eigenvalue weighted by Crippen LogP contribution is -2.25. The van der Waals surface area contributed by atoms with E-state index in [1.54, 1.807) is 6.07 Å². The normalized spacial score (nSPS) is 13.3. The van der Waals surface area contributed by atoms with Gasteiger partial charge < -0.3 is 5.73 Å². The Hall–Kier alpha value is -2.43. The molecule has 0 amide bonds. The van der Waals surface area contributed by atoms with Gasteiger partial charge in [-0.25, -0.2) is 0 Å². The first kappa shape index (κ1) is 9.77. The Bertz CT molecular complexity index is 658. The van der Waals surface area contributed by atoms with Crippen molar-refractivity contribution in [3.63, 3.8) is 0 Å². The third-order valence-electron chi connectivity index (χ3n) is 2.67. The molecule has 84 valence electrons. The lowest BCUT2D eigenvalue weighted by atomic mass is 10.2. The van der Waals surface area contributed by atoms with Crippen molar-refractivity contribution in [3.8, 4) is 5.69 Å². The molecule has 0 spiro atoms. The minimum absolute atomic E-state index is 0.167. The molecule has 0 aliphatic carbocycles. The number of benzene rings is 1. The molecule has 0 saturated heterocycles. The van der Waals surface area contributed by atoms with Crippen molar-refractivity contribution in [2.24, 2.45) is 10.7 Å². The van der Waals surface area contributed by atoms with E-state index in [0.717, 1.165) is 11.3 Å². The predicted octanol–water partition coefficient (Wildman–Crippen LogP) is 0.451. The van der Waals surface area contributed by atoms with Crippen LogP contribution >= 0.6 is 0 Å². The van der Waals surface area contributed by atoms with Gasteiger partial charge >= 0.3 is 0 Å². The van der Waals surface area contributed by atoms with Gasteiger partial charge in [0.05, 0.1) is 12.2 Å². The van der Waals surface area contributed by atoms with Crippen LogP contribution in [0.25, 0.3) is 5.69 Å². The van der Waals surface area contributed by atoms with Crippen molar-refractivity contribution in [1.82, 2.24) is 9.78 Å². The molecular formula is C12H10N4O. The zero-order chi connectivity index (χ0) is 11.8. The van der Waals surface area contributed by atoms with Crippen LogP contribution in [-0.2, 0) is 6.54 Å². The Kier molecular flexibility index (Phi) is 2.04. The molecule has 2 aromatic rings. The Balaban J connectivity index is 2.23. The van der Waals surface area contributed by atoms with E-state index >= 15 is 0 Å². The minimum atomic E-state index is -0.167. The maximum Gasteiger partial charge on any atom is 0.271 e. The van der Waals surface area contributed by atoms with E-state index in [9.17, 15) is 4.79 Å². The number of rotatable bonds is 1. The van der Waals surface area contributed by atoms with Gasteiger partial charge in [0.1, 0.15) is 11.5 Å². The quantitative estimate of drug-likeness (QED) is 0.767. The van der Waals surface area contributed by atoms with Crippen LogP contribution in [0.4, 0.5) is 0 Å². The number of aliphatic imine (C=N–C) groups is 1. The molecule has 0 unspecified atom stereocenters. The van der Waals surface area contributed by atoms with Gasteiger partial charge in [0.25, 0.3) is 5.56 Å². The molecule has 5 nitrogen and oxygen atoms in total. The van der Waals surface area contributed by atoms with Crippen molar-refractivity contribution in [2.75, 3.05) is 0 Å². The second kappa shape index (κ2) is 3.55. The van der Waals surface area contributed by atoms with Crippen molar-refractivity contribution in [2.45, 2.75) is 6.54 Å². The second-order valence-corrected chi connectivity index (χ2v) is 3.81. The van der Waals surface area contributed by atoms with E-state index in [1.165, 1.54) is 4.68 Å². The number of nitrogens with zero attached hydrogens (tertiary/aromatic N) is 3. The number of hydrogen-bond acceptors (Lipinski definition) is 4. The minimum Gasteiger partial charge on any atom is -0.382 e. The molecule has 17 heavy (non-hydrogen) atoms. The highest BCUT2D eigenvalue weighted by atomic mass is 16.1. The third-order valence-corrected chi connectivity index (χ3v) is 2.67. The third kappa shape index (κ3) is 1.52. The lowest BCUT2D eigenvalue weighted by molar-refractivity contribution is 0.793. The maximum atomic E-state index is 11.9. The number of aromatic nitrogens is 2. The first-order chi connectivity index (χ1) is 8.25. The van der Waals surface area contributed by atoms with Crippen molar-refractivity contribution < 1.29 is 0 Å². The summed E-state index contributed by atoms with van der Waals surface area (Å²) in [6, 6.07) is 10.8. The fourth-order valence-electron chi connectivity index (χ4n) is 1.83. The Labute approximate surface area is 97.2 Å². The fraction of sp³-hybridized carbons (Fsp3) is 0.0833. The zero-order valence-electron chi connectivity index (χ0n) is 9.00. The monoisotopic (exact) mass is 226 g/mol. The highest BCUT2D eigenvalue weighted by Gasteiger charge is 2.17. The summed E-state index contributed by atoms with van der Waals surface area (Å²) >= 11 is 0. The number of amidine groups is 1. The molecule has 0 fully saturated rings. The standard InChI is InChI=1S/C12H10N4O/c13-12-11-8(7-14-12)6-10(17)16(15-11)9-4-2-1-3-5-9/h1-6H,7H2,(H2,13,14). The summed E-state index contributed by atoms with van der Waals surface area (Å²) in [4.78, 5) is 16.0. The topological polar surface area (TPSA) is 73.3 Å². The highest BCUT2D eigenvalue weighted by molar-refractivity contribution is 5.98. The van der Waals surface area contributed by atoms with Gasteiger partial charge in [0.2, 0.25) is 0 Å². The molecule has 0 radical (unpaired) electrons. The van der Waals surface area contributed by atoms with Crippen molar-refractivity contribution in [1.29, 1.82) is 0 Å². The van der Waals surface area contributed by atoms with Crippen LogP contribution in [0.3, 0.4) is 0 Å². The molecular weight excluding hydrogens is 216 g/mol. The smallest absolute Gasteiger partial charge is 0.271 e. The molecule has 0 atom stereocenters. The first-order valence-electron chi connectivity index (χ1n) is 5.25. The molecule has 1 aromatic carbocycles. The van der Waals surface area contributed by atoms with E-state index in [-0.39, 0.29) is 5.56 Å². The summed E-state index contributed by atoms with van der Waals surface area (Å²) in [5.41, 5.74) is 7.67. The van der Waals surface area contributed by atoms with Crippen LogP contribution in [0.15, 0.2) is 46.2 Å². The molecule has 0 bridgehead atoms. The summed E-state index contributed by atoms with van der Waals surface area (Å²) < 4.78 is 1.34. The van der Waals surface area contributed by atoms with E-state index in [0.29, 0.717) is 18.1 Å². The molecule has 1 aliphatic heterocycles. The average molecular weight is 226 g/mol. The summed E-state index contributed by atoms with van der Waals surface area (Å²) in [6.45, 7) is 0.443. The summed E-state index contributed by atoms with van der Waals surface area (Å²) in [7, 11) is 0. The Morgan fingerprint density at radius 1 is 1.24 bits per heavy atom. The van der Waals surface area contributed by atoms with E-state index in [2.05, 4.69) is 10.1 Å². The molecule has 2 N–H and O–H groups in total. The SMILES string of the molecule is NC1=NCc2cc(=O)n(-c3ccccc3)nc21. The Morgan fingerprint density at radius 3 is 2.76 bits per heavy atom. The van der Waals surface area contributed by atoms with E-state index in [4.69, 9.17) is 5.73 Å². The molecule has 1 aromatic heterocycles. The summed E-state index contributed by atoms with van der Waals surface area (Å²) in [5.74, 6) is 0.393. The van der Waals surface area contributed by atoms with Crippen molar-refractivity contribution >= 4 is 5.84 Å². The van der Waals surface area contributed by atoms with Crippen LogP contribution in [0.2, 0.25) is 0 Å². The maximum absolute atomic E-state index is 11.9. The summed E-state index contributed by atoms with van der Waals surface area (Å²) in [5, 5.41) is 4.25. The van der Waals surface area contributed by atoms with Crippen LogP contribution < -0.4 is 11.3 Å². The molecule has 0 saturated carbocycles. The molecule has 3 rings (SSSR count). The van der Waals surface area contributed by atoms with Gasteiger partial charge in [-0.05, 0) is 12.1 Å². The highest BCUT2D eigenvalue weighted by Crippen LogP contribution is 2.13. The zero-order valence-corrected chi connectivity index (χ0v) is 9.00. The van der Waals surface area contributed by atoms with Gasteiger partial charge in [-0.2, -0.15) is 9.78 Å². The van der Waals surface area contributed by atoms with Crippen LogP contribution in [-0.4, -0.2) is 15.6 Å². The van der Waals surface area contributed by atoms with Gasteiger partial charge in [0.15, 0.2) is 0 Å². The number of para-hydroxylation sites is 1. The Morgan fingerprint density at radius 2 is 2.00 bits per heavy atom. The number of nitrogens with two attached hydrogens (primary N) is 1. The van der Waals surface area contributed by atoms with Gasteiger partial charge in [-0.1, -0.05) is 18.2 Å². The summed E-state index contributed by atoms with van der Waals surface area (Å²) in [6.07, 6.45) is 0. The molecule has 5 heteroatoms. The number of hydrogen-bond donors (Lipinski definition) is 1. The second-order valence-electron chi connectivity index (χ2n) is 3.81. The van der Waals surface area contributed by atoms with Gasteiger partial charge in [-0.15, -0.1) is 0 Å². The van der Waals surface area contributed by atoms with Crippen LogP contribution in [0, 0.1) is 0 Å². The van der Waals surface area contributed by atoms with Crippen LogP contribution in [0.1, 0.15) is 11.3 Å². The fourth-order valence-corrected chi connectivity index (χ4v) is 1.83.